The molecule has 1 aromatic carbocycles. The summed E-state index contributed by atoms with van der Waals surface area (Å²) in [6.45, 7) is 4.55. The lowest BCUT2D eigenvalue weighted by atomic mass is 10.0. The summed E-state index contributed by atoms with van der Waals surface area (Å²) < 4.78 is 14.6. The van der Waals surface area contributed by atoms with E-state index in [0.29, 0.717) is 19.5 Å². The minimum absolute atomic E-state index is 0.152. The first-order chi connectivity index (χ1) is 11.0. The fourth-order valence-electron chi connectivity index (χ4n) is 2.06. The van der Waals surface area contributed by atoms with E-state index in [4.69, 9.17) is 0 Å². The highest BCUT2D eigenvalue weighted by Crippen LogP contribution is 2.06. The lowest BCUT2D eigenvalue weighted by Gasteiger charge is -2.13. The molecule has 2 rings (SSSR count). The lowest BCUT2D eigenvalue weighted by Crippen LogP contribution is -2.29. The van der Waals surface area contributed by atoms with Gasteiger partial charge in [0.25, 0.3) is 5.91 Å². The van der Waals surface area contributed by atoms with Gasteiger partial charge in [0.05, 0.1) is 18.8 Å². The van der Waals surface area contributed by atoms with E-state index in [9.17, 15) is 14.3 Å². The Labute approximate surface area is 134 Å². The van der Waals surface area contributed by atoms with Gasteiger partial charge >= 0.3 is 0 Å². The quantitative estimate of drug-likeness (QED) is 0.812. The summed E-state index contributed by atoms with van der Waals surface area (Å²) in [5, 5.41) is 20.1. The summed E-state index contributed by atoms with van der Waals surface area (Å²) in [4.78, 5) is 11.9. The molecule has 6 nitrogen and oxygen atoms in total. The first-order valence-electron chi connectivity index (χ1n) is 7.56. The monoisotopic (exact) mass is 320 g/mol. The highest BCUT2D eigenvalue weighted by Gasteiger charge is 2.13. The van der Waals surface area contributed by atoms with Crippen molar-refractivity contribution in [2.75, 3.05) is 6.54 Å². The second-order valence-electron chi connectivity index (χ2n) is 5.79. The molecule has 1 heterocycles. The van der Waals surface area contributed by atoms with E-state index in [1.54, 1.807) is 12.1 Å². The van der Waals surface area contributed by atoms with Gasteiger partial charge in [-0.1, -0.05) is 31.2 Å². The van der Waals surface area contributed by atoms with Crippen molar-refractivity contribution in [3.8, 4) is 0 Å². The Balaban J connectivity index is 1.87. The van der Waals surface area contributed by atoms with Crippen LogP contribution in [0.1, 0.15) is 36.3 Å². The van der Waals surface area contributed by atoms with Gasteiger partial charge in [-0.05, 0) is 30.0 Å². The zero-order chi connectivity index (χ0) is 16.8. The number of benzene rings is 1. The molecule has 0 saturated heterocycles. The fourth-order valence-corrected chi connectivity index (χ4v) is 2.06. The minimum atomic E-state index is -0.445. The molecule has 0 bridgehead atoms. The summed E-state index contributed by atoms with van der Waals surface area (Å²) in [6.07, 6.45) is 1.55. The van der Waals surface area contributed by atoms with Gasteiger partial charge in [0.15, 0.2) is 5.69 Å². The predicted molar refractivity (Wildman–Crippen MR) is 83.3 cm³/mol. The molecule has 0 saturated carbocycles. The number of halogens is 1. The minimum Gasteiger partial charge on any atom is -0.393 e. The van der Waals surface area contributed by atoms with E-state index in [-0.39, 0.29) is 23.3 Å². The third kappa shape index (κ3) is 5.14. The van der Waals surface area contributed by atoms with Crippen molar-refractivity contribution < 1.29 is 14.3 Å². The predicted octanol–water partition coefficient (Wildman–Crippen LogP) is 1.60. The van der Waals surface area contributed by atoms with Crippen molar-refractivity contribution in [2.45, 2.75) is 32.9 Å². The molecular weight excluding hydrogens is 299 g/mol. The van der Waals surface area contributed by atoms with Crippen molar-refractivity contribution in [3.05, 3.63) is 47.5 Å². The summed E-state index contributed by atoms with van der Waals surface area (Å²) in [7, 11) is 0. The van der Waals surface area contributed by atoms with Crippen molar-refractivity contribution >= 4 is 5.91 Å². The summed E-state index contributed by atoms with van der Waals surface area (Å²) >= 11 is 0. The van der Waals surface area contributed by atoms with Gasteiger partial charge in [-0.25, -0.2) is 9.07 Å². The molecule has 2 aromatic rings. The molecule has 124 valence electrons. The van der Waals surface area contributed by atoms with Crippen molar-refractivity contribution in [1.82, 2.24) is 20.3 Å². The van der Waals surface area contributed by atoms with Gasteiger partial charge in [0, 0.05) is 6.54 Å². The van der Waals surface area contributed by atoms with Gasteiger partial charge in [-0.15, -0.1) is 5.10 Å². The molecule has 0 radical (unpaired) electrons. The number of aromatic nitrogens is 3. The average molecular weight is 320 g/mol. The number of carbonyl (C=O) groups excluding carboxylic acids is 1. The summed E-state index contributed by atoms with van der Waals surface area (Å²) in [5.41, 5.74) is 0.933. The maximum atomic E-state index is 13.1. The molecule has 0 aliphatic rings. The normalized spacial score (nSPS) is 12.4. The van der Waals surface area contributed by atoms with Crippen molar-refractivity contribution in [1.29, 1.82) is 0 Å². The number of nitrogens with zero attached hydrogens (tertiary/aromatic N) is 3. The second-order valence-corrected chi connectivity index (χ2v) is 5.79. The Hall–Kier alpha value is -2.28. The largest absolute Gasteiger partial charge is 0.393 e. The van der Waals surface area contributed by atoms with Crippen LogP contribution in [0.3, 0.4) is 0 Å². The van der Waals surface area contributed by atoms with Crippen LogP contribution in [0.2, 0.25) is 0 Å². The molecule has 23 heavy (non-hydrogen) atoms. The standard InChI is InChI=1S/C16H21FN4O2/c1-11(2)15(22)6-7-18-16(23)14-10-21(20-19-14)9-12-4-3-5-13(17)8-12/h3-5,8,10-11,15,22H,6-7,9H2,1-2H3,(H,18,23). The Morgan fingerprint density at radius 3 is 2.91 bits per heavy atom. The number of aliphatic hydroxyl groups excluding tert-OH is 1. The Bertz CT molecular complexity index is 657. The van der Waals surface area contributed by atoms with Crippen LogP contribution in [0.15, 0.2) is 30.5 Å². The highest BCUT2D eigenvalue weighted by molar-refractivity contribution is 5.91. The number of rotatable bonds is 7. The van der Waals surface area contributed by atoms with Gasteiger partial charge in [0.1, 0.15) is 5.82 Å². The molecule has 1 atom stereocenters. The molecule has 7 heteroatoms. The zero-order valence-corrected chi connectivity index (χ0v) is 13.2. The van der Waals surface area contributed by atoms with Crippen LogP contribution in [0.25, 0.3) is 0 Å². The van der Waals surface area contributed by atoms with Crippen LogP contribution in [0, 0.1) is 11.7 Å². The van der Waals surface area contributed by atoms with E-state index in [2.05, 4.69) is 15.6 Å². The van der Waals surface area contributed by atoms with E-state index in [0.717, 1.165) is 5.56 Å². The number of hydrogen-bond acceptors (Lipinski definition) is 4. The molecule has 1 amide bonds. The van der Waals surface area contributed by atoms with Gasteiger partial charge < -0.3 is 10.4 Å². The van der Waals surface area contributed by atoms with Crippen LogP contribution in [-0.4, -0.2) is 38.7 Å². The molecule has 2 N–H and O–H groups in total. The van der Waals surface area contributed by atoms with Crippen LogP contribution in [0.4, 0.5) is 4.39 Å². The zero-order valence-electron chi connectivity index (χ0n) is 13.2. The Morgan fingerprint density at radius 2 is 2.22 bits per heavy atom. The molecule has 1 unspecified atom stereocenters. The number of hydrogen-bond donors (Lipinski definition) is 2. The Morgan fingerprint density at radius 1 is 1.43 bits per heavy atom. The third-order valence-electron chi connectivity index (χ3n) is 3.50. The van der Waals surface area contributed by atoms with Gasteiger partial charge in [-0.2, -0.15) is 0 Å². The molecule has 0 aliphatic carbocycles. The first kappa shape index (κ1) is 17.1. The molecule has 0 spiro atoms. The molecular formula is C16H21FN4O2. The summed E-state index contributed by atoms with van der Waals surface area (Å²) in [6, 6.07) is 6.18. The van der Waals surface area contributed by atoms with Crippen LogP contribution in [-0.2, 0) is 6.54 Å². The molecule has 0 fully saturated rings. The van der Waals surface area contributed by atoms with Crippen molar-refractivity contribution in [3.63, 3.8) is 0 Å². The van der Waals surface area contributed by atoms with Gasteiger partial charge in [0.2, 0.25) is 0 Å². The smallest absolute Gasteiger partial charge is 0.273 e. The van der Waals surface area contributed by atoms with Crippen molar-refractivity contribution in [2.24, 2.45) is 5.92 Å². The topological polar surface area (TPSA) is 80.0 Å². The van der Waals surface area contributed by atoms with Gasteiger partial charge in [-0.3, -0.25) is 4.79 Å². The number of carbonyl (C=O) groups is 1. The summed E-state index contributed by atoms with van der Waals surface area (Å²) in [5.74, 6) is -0.505. The van der Waals surface area contributed by atoms with Crippen LogP contribution in [0.5, 0.6) is 0 Å². The molecule has 0 aliphatic heterocycles. The Kier molecular flexibility index (Phi) is 5.81. The lowest BCUT2D eigenvalue weighted by molar-refractivity contribution is 0.0915. The number of nitrogens with one attached hydrogen (secondary N) is 1. The molecule has 1 aromatic heterocycles. The SMILES string of the molecule is CC(C)C(O)CCNC(=O)c1cn(Cc2cccc(F)c2)nn1. The maximum absolute atomic E-state index is 13.1. The average Bonchev–Trinajstić information content (AvgIpc) is 2.95. The van der Waals surface area contributed by atoms with Crippen LogP contribution >= 0.6 is 0 Å². The first-order valence-corrected chi connectivity index (χ1v) is 7.56. The highest BCUT2D eigenvalue weighted by atomic mass is 19.1. The van der Waals surface area contributed by atoms with Crippen LogP contribution < -0.4 is 5.32 Å². The van der Waals surface area contributed by atoms with E-state index in [1.165, 1.54) is 23.0 Å². The van der Waals surface area contributed by atoms with E-state index in [1.807, 2.05) is 13.8 Å². The third-order valence-corrected chi connectivity index (χ3v) is 3.50. The number of amides is 1. The maximum Gasteiger partial charge on any atom is 0.273 e. The number of aliphatic hydroxyl groups is 1. The second kappa shape index (κ2) is 7.82. The van der Waals surface area contributed by atoms with E-state index >= 15 is 0 Å². The van der Waals surface area contributed by atoms with E-state index < -0.39 is 6.10 Å². The fraction of sp³-hybridized carbons (Fsp3) is 0.438.